The van der Waals surface area contributed by atoms with Crippen LogP contribution in [-0.2, 0) is 10.0 Å². The Morgan fingerprint density at radius 1 is 1.48 bits per heavy atom. The molecule has 0 aliphatic carbocycles. The van der Waals surface area contributed by atoms with Gasteiger partial charge in [0.15, 0.2) is 0 Å². The predicted molar refractivity (Wildman–Crippen MR) is 79.2 cm³/mol. The van der Waals surface area contributed by atoms with Gasteiger partial charge < -0.3 is 14.7 Å². The van der Waals surface area contributed by atoms with Crippen molar-refractivity contribution in [1.29, 1.82) is 0 Å². The zero-order valence-corrected chi connectivity index (χ0v) is 12.8. The largest absolute Gasteiger partial charge is 0.490 e. The van der Waals surface area contributed by atoms with E-state index in [0.29, 0.717) is 18.0 Å². The minimum atomic E-state index is -3.63. The fourth-order valence-electron chi connectivity index (χ4n) is 3.03. The van der Waals surface area contributed by atoms with Gasteiger partial charge in [-0.2, -0.15) is 0 Å². The number of anilines is 1. The summed E-state index contributed by atoms with van der Waals surface area (Å²) in [5.74, 6) is 0.382. The summed E-state index contributed by atoms with van der Waals surface area (Å²) in [7, 11) is -3.63. The van der Waals surface area contributed by atoms with Crippen LogP contribution in [-0.4, -0.2) is 45.4 Å². The van der Waals surface area contributed by atoms with Crippen LogP contribution in [0.2, 0.25) is 0 Å². The third-order valence-electron chi connectivity index (χ3n) is 3.97. The van der Waals surface area contributed by atoms with Gasteiger partial charge in [-0.25, -0.2) is 13.1 Å². The van der Waals surface area contributed by atoms with Crippen molar-refractivity contribution >= 4 is 15.7 Å². The molecule has 2 aliphatic heterocycles. The molecule has 6 nitrogen and oxygen atoms in total. The molecule has 1 fully saturated rings. The first-order chi connectivity index (χ1) is 10.0. The SMILES string of the molecule is C[C@H]1COc2cccc(N3CCC[C@@H]3CO)c2S(=O)(=O)N1. The molecule has 1 saturated heterocycles. The molecule has 2 N–H and O–H groups in total. The summed E-state index contributed by atoms with van der Waals surface area (Å²) in [5, 5.41) is 9.49. The maximum atomic E-state index is 12.6. The molecule has 116 valence electrons. The normalized spacial score (nSPS) is 27.8. The molecule has 7 heteroatoms. The van der Waals surface area contributed by atoms with Crippen LogP contribution in [0.3, 0.4) is 0 Å². The number of hydrogen-bond acceptors (Lipinski definition) is 5. The average molecular weight is 312 g/mol. The highest BCUT2D eigenvalue weighted by atomic mass is 32.2. The minimum absolute atomic E-state index is 0.0222. The van der Waals surface area contributed by atoms with Crippen molar-refractivity contribution in [3.8, 4) is 5.75 Å². The van der Waals surface area contributed by atoms with Crippen molar-refractivity contribution in [3.63, 3.8) is 0 Å². The van der Waals surface area contributed by atoms with Gasteiger partial charge in [0.25, 0.3) is 0 Å². The van der Waals surface area contributed by atoms with Gasteiger partial charge in [0.05, 0.1) is 24.4 Å². The Kier molecular flexibility index (Phi) is 3.81. The highest BCUT2D eigenvalue weighted by molar-refractivity contribution is 7.89. The summed E-state index contributed by atoms with van der Waals surface area (Å²) in [6.45, 7) is 2.84. The number of fused-ring (bicyclic) bond motifs is 1. The smallest absolute Gasteiger partial charge is 0.246 e. The zero-order chi connectivity index (χ0) is 15.0. The number of rotatable bonds is 2. The highest BCUT2D eigenvalue weighted by Gasteiger charge is 2.34. The van der Waals surface area contributed by atoms with Gasteiger partial charge >= 0.3 is 0 Å². The Balaban J connectivity index is 2.12. The number of ether oxygens (including phenoxy) is 1. The van der Waals surface area contributed by atoms with E-state index in [9.17, 15) is 13.5 Å². The zero-order valence-electron chi connectivity index (χ0n) is 11.9. The third-order valence-corrected chi connectivity index (χ3v) is 5.63. The highest BCUT2D eigenvalue weighted by Crippen LogP contribution is 2.38. The standard InChI is InChI=1S/C14H20N2O4S/c1-10-9-20-13-6-2-5-12(14(13)21(18,19)15-10)16-7-3-4-11(16)8-17/h2,5-6,10-11,15,17H,3-4,7-9H2,1H3/t10-,11+/m0/s1. The minimum Gasteiger partial charge on any atom is -0.490 e. The molecular formula is C14H20N2O4S. The van der Waals surface area contributed by atoms with E-state index in [1.807, 2.05) is 4.90 Å². The van der Waals surface area contributed by atoms with Gasteiger partial charge in [-0.15, -0.1) is 0 Å². The van der Waals surface area contributed by atoms with Gasteiger partial charge in [-0.1, -0.05) is 6.07 Å². The lowest BCUT2D eigenvalue weighted by Crippen LogP contribution is -2.36. The van der Waals surface area contributed by atoms with E-state index in [2.05, 4.69) is 4.72 Å². The van der Waals surface area contributed by atoms with Crippen LogP contribution in [0, 0.1) is 0 Å². The van der Waals surface area contributed by atoms with Gasteiger partial charge in [-0.05, 0) is 31.9 Å². The lowest BCUT2D eigenvalue weighted by molar-refractivity contribution is 0.265. The van der Waals surface area contributed by atoms with Gasteiger partial charge in [0, 0.05) is 6.54 Å². The summed E-state index contributed by atoms with van der Waals surface area (Å²) >= 11 is 0. The van der Waals surface area contributed by atoms with E-state index in [1.165, 1.54) is 0 Å². The van der Waals surface area contributed by atoms with E-state index in [4.69, 9.17) is 4.74 Å². The van der Waals surface area contributed by atoms with E-state index in [0.717, 1.165) is 19.4 Å². The van der Waals surface area contributed by atoms with Crippen molar-refractivity contribution < 1.29 is 18.3 Å². The molecule has 0 bridgehead atoms. The van der Waals surface area contributed by atoms with E-state index >= 15 is 0 Å². The molecule has 0 unspecified atom stereocenters. The molecule has 2 atom stereocenters. The van der Waals surface area contributed by atoms with Crippen LogP contribution >= 0.6 is 0 Å². The number of aliphatic hydroxyl groups is 1. The quantitative estimate of drug-likeness (QED) is 0.841. The van der Waals surface area contributed by atoms with Crippen LogP contribution in [0.25, 0.3) is 0 Å². The Hall–Kier alpha value is -1.31. The summed E-state index contributed by atoms with van der Waals surface area (Å²) in [5.41, 5.74) is 0.616. The molecule has 0 aromatic heterocycles. The lowest BCUT2D eigenvalue weighted by atomic mass is 10.2. The Labute approximate surface area is 124 Å². The molecule has 21 heavy (non-hydrogen) atoms. The third kappa shape index (κ3) is 2.61. The molecule has 2 heterocycles. The van der Waals surface area contributed by atoms with Crippen LogP contribution in [0.4, 0.5) is 5.69 Å². The first-order valence-corrected chi connectivity index (χ1v) is 8.67. The molecule has 0 amide bonds. The first-order valence-electron chi connectivity index (χ1n) is 7.18. The Bertz CT molecular complexity index is 632. The molecule has 0 radical (unpaired) electrons. The summed E-state index contributed by atoms with van der Waals surface area (Å²) in [6, 6.07) is 4.95. The van der Waals surface area contributed by atoms with Gasteiger partial charge in [0.2, 0.25) is 10.0 Å². The summed E-state index contributed by atoms with van der Waals surface area (Å²) in [6.07, 6.45) is 1.81. The Morgan fingerprint density at radius 3 is 3.05 bits per heavy atom. The lowest BCUT2D eigenvalue weighted by Gasteiger charge is -2.27. The number of hydrogen-bond donors (Lipinski definition) is 2. The summed E-state index contributed by atoms with van der Waals surface area (Å²) < 4.78 is 33.5. The van der Waals surface area contributed by atoms with Crippen LogP contribution < -0.4 is 14.4 Å². The number of aliphatic hydroxyl groups excluding tert-OH is 1. The molecule has 1 aromatic carbocycles. The number of benzene rings is 1. The summed E-state index contributed by atoms with van der Waals surface area (Å²) in [4.78, 5) is 2.16. The van der Waals surface area contributed by atoms with E-state index in [-0.39, 0.29) is 23.6 Å². The van der Waals surface area contributed by atoms with Gasteiger partial charge in [-0.3, -0.25) is 0 Å². The number of nitrogens with zero attached hydrogens (tertiary/aromatic N) is 1. The predicted octanol–water partition coefficient (Wildman–Crippen LogP) is 0.707. The first kappa shape index (κ1) is 14.6. The second-order valence-electron chi connectivity index (χ2n) is 5.61. The molecule has 3 rings (SSSR count). The van der Waals surface area contributed by atoms with Crippen LogP contribution in [0.15, 0.2) is 23.1 Å². The number of sulfonamides is 1. The average Bonchev–Trinajstić information content (AvgIpc) is 2.88. The van der Waals surface area contributed by atoms with Crippen LogP contribution in [0.1, 0.15) is 19.8 Å². The monoisotopic (exact) mass is 312 g/mol. The molecule has 1 aromatic rings. The second kappa shape index (κ2) is 5.47. The second-order valence-corrected chi connectivity index (χ2v) is 7.26. The topological polar surface area (TPSA) is 78.9 Å². The van der Waals surface area contributed by atoms with Crippen molar-refractivity contribution in [2.45, 2.75) is 36.7 Å². The molecule has 0 saturated carbocycles. The van der Waals surface area contributed by atoms with Crippen molar-refractivity contribution in [2.75, 3.05) is 24.7 Å². The number of nitrogens with one attached hydrogen (secondary N) is 1. The molecule has 0 spiro atoms. The van der Waals surface area contributed by atoms with E-state index in [1.54, 1.807) is 25.1 Å². The molecular weight excluding hydrogens is 292 g/mol. The van der Waals surface area contributed by atoms with Crippen LogP contribution in [0.5, 0.6) is 5.75 Å². The maximum absolute atomic E-state index is 12.6. The fraction of sp³-hybridized carbons (Fsp3) is 0.571. The van der Waals surface area contributed by atoms with Crippen molar-refractivity contribution in [1.82, 2.24) is 4.72 Å². The molecule has 2 aliphatic rings. The fourth-order valence-corrected chi connectivity index (χ4v) is 4.60. The Morgan fingerprint density at radius 2 is 2.29 bits per heavy atom. The van der Waals surface area contributed by atoms with E-state index < -0.39 is 10.0 Å². The van der Waals surface area contributed by atoms with Crippen molar-refractivity contribution in [2.24, 2.45) is 0 Å². The maximum Gasteiger partial charge on any atom is 0.246 e. The van der Waals surface area contributed by atoms with Crippen molar-refractivity contribution in [3.05, 3.63) is 18.2 Å². The van der Waals surface area contributed by atoms with Gasteiger partial charge in [0.1, 0.15) is 17.3 Å².